The van der Waals surface area contributed by atoms with Gasteiger partial charge in [0.2, 0.25) is 17.7 Å². The molecule has 3 amide bonds. The molecule has 3 N–H and O–H groups in total. The first-order valence-corrected chi connectivity index (χ1v) is 18.5. The van der Waals surface area contributed by atoms with Gasteiger partial charge in [-0.1, -0.05) is 68.4 Å². The molecular formula is C42H49FN6O3. The fourth-order valence-corrected chi connectivity index (χ4v) is 7.28. The highest BCUT2D eigenvalue weighted by Gasteiger charge is 2.39. The lowest BCUT2D eigenvalue weighted by atomic mass is 10.0. The lowest BCUT2D eigenvalue weighted by Gasteiger charge is -2.34. The Hall–Kier alpha value is -5.06. The number of rotatable bonds is 14. The molecule has 0 bridgehead atoms. The molecule has 2 aliphatic heterocycles. The Morgan fingerprint density at radius 3 is 1.92 bits per heavy atom. The summed E-state index contributed by atoms with van der Waals surface area (Å²) in [7, 11) is 0. The third-order valence-electron chi connectivity index (χ3n) is 10.1. The average molecular weight is 705 g/mol. The van der Waals surface area contributed by atoms with Gasteiger partial charge in [0, 0.05) is 36.7 Å². The van der Waals surface area contributed by atoms with E-state index in [1.807, 2.05) is 78.9 Å². The van der Waals surface area contributed by atoms with Gasteiger partial charge in [0.15, 0.2) is 0 Å². The van der Waals surface area contributed by atoms with Gasteiger partial charge in [-0.05, 0) is 111 Å². The van der Waals surface area contributed by atoms with E-state index in [4.69, 9.17) is 0 Å². The highest BCUT2D eigenvalue weighted by molar-refractivity contribution is 5.98. The van der Waals surface area contributed by atoms with E-state index < -0.39 is 12.1 Å². The zero-order valence-electron chi connectivity index (χ0n) is 30.1. The number of carbonyl (C=O) groups excluding carboxylic acids is 3. The summed E-state index contributed by atoms with van der Waals surface area (Å²) in [5.74, 6) is -0.535. The summed E-state index contributed by atoms with van der Waals surface area (Å²) in [5.41, 5.74) is 5.26. The number of hydrogen-bond donors (Lipinski definition) is 3. The van der Waals surface area contributed by atoms with Crippen LogP contribution in [0, 0.1) is 5.82 Å². The molecule has 2 saturated heterocycles. The number of carbonyl (C=O) groups is 3. The molecule has 2 aliphatic rings. The predicted octanol–water partition coefficient (Wildman–Crippen LogP) is 6.74. The number of hydrogen-bond acceptors (Lipinski definition) is 6. The van der Waals surface area contributed by atoms with E-state index >= 15 is 0 Å². The second kappa shape index (κ2) is 17.4. The topological polar surface area (TPSA) is 97.0 Å². The number of benzene rings is 4. The molecule has 0 radical (unpaired) electrons. The molecule has 9 nitrogen and oxygen atoms in total. The van der Waals surface area contributed by atoms with Crippen molar-refractivity contribution in [2.75, 3.05) is 41.7 Å². The monoisotopic (exact) mass is 704 g/mol. The minimum Gasteiger partial charge on any atom is -0.363 e. The Bertz CT molecular complexity index is 1780. The maximum Gasteiger partial charge on any atom is 0.247 e. The van der Waals surface area contributed by atoms with Crippen LogP contribution in [0.2, 0.25) is 0 Å². The number of amides is 3. The fourth-order valence-electron chi connectivity index (χ4n) is 7.28. The maximum absolute atomic E-state index is 14.1. The SMILES string of the molecule is CCN(CC)C(C(=O)N1CCCC1C(=O)Nc1ccc(CN(Cc2ccc(NC(=O)C3CCCN3)cc2)c2ccc(F)cc2)cc1)c1ccccc1. The zero-order chi connectivity index (χ0) is 36.5. The quantitative estimate of drug-likeness (QED) is 0.135. The first-order valence-electron chi connectivity index (χ1n) is 18.5. The second-order valence-corrected chi connectivity index (χ2v) is 13.6. The Morgan fingerprint density at radius 1 is 0.769 bits per heavy atom. The van der Waals surface area contributed by atoms with E-state index in [1.165, 1.54) is 12.1 Å². The number of nitrogens with zero attached hydrogens (tertiary/aromatic N) is 3. The Kier molecular flexibility index (Phi) is 12.3. The number of nitrogens with one attached hydrogen (secondary N) is 3. The Labute approximate surface area is 306 Å². The Balaban J connectivity index is 1.11. The van der Waals surface area contributed by atoms with Gasteiger partial charge in [-0.3, -0.25) is 19.3 Å². The fraction of sp³-hybridized carbons (Fsp3) is 0.357. The van der Waals surface area contributed by atoms with Crippen molar-refractivity contribution in [3.05, 3.63) is 126 Å². The van der Waals surface area contributed by atoms with Crippen LogP contribution in [0.4, 0.5) is 21.5 Å². The first kappa shape index (κ1) is 36.7. The summed E-state index contributed by atoms with van der Waals surface area (Å²) in [5, 5.41) is 9.29. The number of anilines is 3. The van der Waals surface area contributed by atoms with Crippen molar-refractivity contribution in [1.82, 2.24) is 15.1 Å². The molecule has 6 rings (SSSR count). The van der Waals surface area contributed by atoms with E-state index in [2.05, 4.69) is 39.6 Å². The average Bonchev–Trinajstić information content (AvgIpc) is 3.90. The molecule has 4 aromatic carbocycles. The van der Waals surface area contributed by atoms with Crippen LogP contribution in [0.3, 0.4) is 0 Å². The van der Waals surface area contributed by atoms with E-state index in [0.29, 0.717) is 31.7 Å². The van der Waals surface area contributed by atoms with Crippen LogP contribution >= 0.6 is 0 Å². The zero-order valence-corrected chi connectivity index (χ0v) is 30.1. The van der Waals surface area contributed by atoms with Crippen LogP contribution in [0.1, 0.15) is 62.3 Å². The minimum atomic E-state index is -0.540. The molecule has 3 atom stereocenters. The normalized spacial score (nSPS) is 17.6. The summed E-state index contributed by atoms with van der Waals surface area (Å²) >= 11 is 0. The molecule has 52 heavy (non-hydrogen) atoms. The number of likely N-dealkylation sites (N-methyl/N-ethyl adjacent to an activating group) is 1. The standard InChI is InChI=1S/C42H49FN6O3/c1-3-47(4-2)39(32-10-6-5-7-11-32)42(52)49-27-9-13-38(49)41(51)46-35-22-16-31(17-23-35)29-48(36-24-18-33(43)19-25-36)28-30-14-20-34(21-15-30)45-40(50)37-12-8-26-44-37/h5-7,10-11,14-25,37-39,44H,3-4,8-9,12-13,26-29H2,1-2H3,(H,45,50)(H,46,51). The van der Waals surface area contributed by atoms with E-state index in [0.717, 1.165) is 67.0 Å². The van der Waals surface area contributed by atoms with Gasteiger partial charge in [0.1, 0.15) is 17.9 Å². The molecule has 2 heterocycles. The molecular weight excluding hydrogens is 655 g/mol. The van der Waals surface area contributed by atoms with Crippen LogP contribution in [-0.2, 0) is 27.5 Å². The van der Waals surface area contributed by atoms with Crippen LogP contribution in [0.15, 0.2) is 103 Å². The Morgan fingerprint density at radius 2 is 1.37 bits per heavy atom. The maximum atomic E-state index is 14.1. The number of likely N-dealkylation sites (tertiary alicyclic amines) is 1. The highest BCUT2D eigenvalue weighted by atomic mass is 19.1. The summed E-state index contributed by atoms with van der Waals surface area (Å²) in [6.45, 7) is 8.08. The van der Waals surface area contributed by atoms with E-state index in [-0.39, 0.29) is 29.6 Å². The lowest BCUT2D eigenvalue weighted by molar-refractivity contribution is -0.141. The summed E-state index contributed by atoms with van der Waals surface area (Å²) in [4.78, 5) is 46.3. The largest absolute Gasteiger partial charge is 0.363 e. The van der Waals surface area contributed by atoms with Gasteiger partial charge in [-0.25, -0.2) is 4.39 Å². The molecule has 0 aromatic heterocycles. The molecule has 3 unspecified atom stereocenters. The van der Waals surface area contributed by atoms with Gasteiger partial charge < -0.3 is 25.8 Å². The van der Waals surface area contributed by atoms with Crippen LogP contribution in [-0.4, -0.2) is 65.8 Å². The summed E-state index contributed by atoms with van der Waals surface area (Å²) < 4.78 is 13.9. The number of halogens is 1. The van der Waals surface area contributed by atoms with Crippen molar-refractivity contribution in [3.63, 3.8) is 0 Å². The van der Waals surface area contributed by atoms with Gasteiger partial charge >= 0.3 is 0 Å². The van der Waals surface area contributed by atoms with E-state index in [1.54, 1.807) is 17.0 Å². The second-order valence-electron chi connectivity index (χ2n) is 13.6. The molecule has 2 fully saturated rings. The van der Waals surface area contributed by atoms with Gasteiger partial charge in [-0.2, -0.15) is 0 Å². The van der Waals surface area contributed by atoms with E-state index in [9.17, 15) is 18.8 Å². The van der Waals surface area contributed by atoms with Crippen LogP contribution in [0.5, 0.6) is 0 Å². The third-order valence-corrected chi connectivity index (χ3v) is 10.1. The van der Waals surface area contributed by atoms with Crippen LogP contribution in [0.25, 0.3) is 0 Å². The van der Waals surface area contributed by atoms with Crippen molar-refractivity contribution in [3.8, 4) is 0 Å². The molecule has 0 spiro atoms. The molecule has 0 aliphatic carbocycles. The third kappa shape index (κ3) is 9.05. The smallest absolute Gasteiger partial charge is 0.247 e. The molecule has 0 saturated carbocycles. The molecule has 272 valence electrons. The van der Waals surface area contributed by atoms with Crippen molar-refractivity contribution in [2.45, 2.75) is 70.7 Å². The van der Waals surface area contributed by atoms with Crippen molar-refractivity contribution >= 4 is 34.8 Å². The van der Waals surface area contributed by atoms with Gasteiger partial charge in [0.05, 0.1) is 6.04 Å². The first-order chi connectivity index (χ1) is 25.3. The van der Waals surface area contributed by atoms with Crippen molar-refractivity contribution in [1.29, 1.82) is 0 Å². The summed E-state index contributed by atoms with van der Waals surface area (Å²) in [6.07, 6.45) is 3.24. The minimum absolute atomic E-state index is 0.0149. The molecule has 4 aromatic rings. The summed E-state index contributed by atoms with van der Waals surface area (Å²) in [6, 6.07) is 30.7. The van der Waals surface area contributed by atoms with Crippen molar-refractivity contribution in [2.24, 2.45) is 0 Å². The highest BCUT2D eigenvalue weighted by Crippen LogP contribution is 2.29. The lowest BCUT2D eigenvalue weighted by Crippen LogP contribution is -2.48. The predicted molar refractivity (Wildman–Crippen MR) is 204 cm³/mol. The van der Waals surface area contributed by atoms with Gasteiger partial charge in [0.25, 0.3) is 0 Å². The van der Waals surface area contributed by atoms with Crippen molar-refractivity contribution < 1.29 is 18.8 Å². The van der Waals surface area contributed by atoms with Crippen LogP contribution < -0.4 is 20.9 Å². The van der Waals surface area contributed by atoms with Gasteiger partial charge in [-0.15, -0.1) is 0 Å². The molecule has 10 heteroatoms.